The van der Waals surface area contributed by atoms with Crippen LogP contribution in [0.25, 0.3) is 0 Å². The van der Waals surface area contributed by atoms with Crippen LogP contribution in [-0.4, -0.2) is 42.8 Å². The monoisotopic (exact) mass is 280 g/mol. The van der Waals surface area contributed by atoms with Crippen LogP contribution in [-0.2, 0) is 4.74 Å². The zero-order chi connectivity index (χ0) is 15.2. The van der Waals surface area contributed by atoms with Crippen molar-refractivity contribution in [2.75, 3.05) is 20.1 Å². The van der Waals surface area contributed by atoms with Crippen LogP contribution in [0, 0.1) is 18.3 Å². The third-order valence-corrected chi connectivity index (χ3v) is 3.65. The number of nitrogens with one attached hydrogen (secondary N) is 1. The fraction of sp³-hybridized carbons (Fsp3) is 0.812. The minimum atomic E-state index is -0.426. The van der Waals surface area contributed by atoms with Crippen LogP contribution in [0.3, 0.4) is 0 Å². The van der Waals surface area contributed by atoms with Gasteiger partial charge in [0.25, 0.3) is 0 Å². The van der Waals surface area contributed by atoms with Crippen LogP contribution in [0.1, 0.15) is 46.5 Å². The maximum atomic E-state index is 12.0. The Bertz CT molecular complexity index is 354. The second-order valence-electron chi connectivity index (χ2n) is 6.47. The molecule has 1 rings (SSSR count). The number of ether oxygens (including phenoxy) is 1. The number of likely N-dealkylation sites (tertiary alicyclic amines) is 1. The number of amides is 1. The van der Waals surface area contributed by atoms with Crippen LogP contribution in [0.5, 0.6) is 0 Å². The maximum absolute atomic E-state index is 12.0. The van der Waals surface area contributed by atoms with Crippen molar-refractivity contribution in [2.45, 2.75) is 58.1 Å². The Labute approximate surface area is 123 Å². The smallest absolute Gasteiger partial charge is 0.410 e. The topological polar surface area (TPSA) is 41.6 Å². The van der Waals surface area contributed by atoms with Gasteiger partial charge >= 0.3 is 6.09 Å². The van der Waals surface area contributed by atoms with E-state index >= 15 is 0 Å². The van der Waals surface area contributed by atoms with Gasteiger partial charge in [-0.05, 0) is 53.0 Å². The van der Waals surface area contributed by atoms with Gasteiger partial charge in [0.15, 0.2) is 0 Å². The van der Waals surface area contributed by atoms with Crippen molar-refractivity contribution < 1.29 is 9.53 Å². The summed E-state index contributed by atoms with van der Waals surface area (Å²) < 4.78 is 5.42. The lowest BCUT2D eigenvalue weighted by Crippen LogP contribution is -2.38. The van der Waals surface area contributed by atoms with E-state index in [2.05, 4.69) is 11.2 Å². The summed E-state index contributed by atoms with van der Waals surface area (Å²) in [6.45, 7) is 7.25. The number of nitrogens with zero attached hydrogens (tertiary/aromatic N) is 1. The highest BCUT2D eigenvalue weighted by molar-refractivity contribution is 5.68. The number of hydrogen-bond donors (Lipinski definition) is 1. The Hall–Kier alpha value is -1.21. The first-order chi connectivity index (χ1) is 9.37. The molecule has 1 saturated heterocycles. The van der Waals surface area contributed by atoms with Gasteiger partial charge in [-0.1, -0.05) is 0 Å². The Morgan fingerprint density at radius 3 is 2.80 bits per heavy atom. The lowest BCUT2D eigenvalue weighted by molar-refractivity contribution is 0.0285. The minimum absolute atomic E-state index is 0.196. The van der Waals surface area contributed by atoms with Gasteiger partial charge in [0.2, 0.25) is 0 Å². The van der Waals surface area contributed by atoms with E-state index in [-0.39, 0.29) is 6.09 Å². The van der Waals surface area contributed by atoms with Gasteiger partial charge in [-0.25, -0.2) is 4.79 Å². The van der Waals surface area contributed by atoms with Gasteiger partial charge < -0.3 is 15.0 Å². The molecule has 1 amide bonds. The minimum Gasteiger partial charge on any atom is -0.444 e. The summed E-state index contributed by atoms with van der Waals surface area (Å²) in [5, 5.41) is 3.36. The van der Waals surface area contributed by atoms with E-state index in [9.17, 15) is 4.79 Å². The van der Waals surface area contributed by atoms with Crippen molar-refractivity contribution in [2.24, 2.45) is 5.92 Å². The molecule has 2 atom stereocenters. The number of carbonyl (C=O) groups is 1. The van der Waals surface area contributed by atoms with Gasteiger partial charge in [-0.15, -0.1) is 12.3 Å². The summed E-state index contributed by atoms with van der Waals surface area (Å²) in [7, 11) is 1.98. The summed E-state index contributed by atoms with van der Waals surface area (Å²) in [6.07, 6.45) is 9.04. The van der Waals surface area contributed by atoms with E-state index in [0.717, 1.165) is 38.8 Å². The van der Waals surface area contributed by atoms with Crippen LogP contribution in [0.2, 0.25) is 0 Å². The molecule has 1 heterocycles. The predicted molar refractivity (Wildman–Crippen MR) is 81.4 cm³/mol. The Balaban J connectivity index is 2.45. The second-order valence-corrected chi connectivity index (χ2v) is 6.47. The van der Waals surface area contributed by atoms with Crippen molar-refractivity contribution in [3.05, 3.63) is 0 Å². The molecule has 0 aliphatic carbocycles. The third-order valence-electron chi connectivity index (χ3n) is 3.65. The highest BCUT2D eigenvalue weighted by Crippen LogP contribution is 2.24. The molecule has 20 heavy (non-hydrogen) atoms. The van der Waals surface area contributed by atoms with E-state index in [1.165, 1.54) is 0 Å². The molecule has 4 heteroatoms. The first-order valence-corrected chi connectivity index (χ1v) is 7.46. The maximum Gasteiger partial charge on any atom is 0.410 e. The summed E-state index contributed by atoms with van der Waals surface area (Å²) in [4.78, 5) is 13.9. The largest absolute Gasteiger partial charge is 0.444 e. The van der Waals surface area contributed by atoms with Crippen molar-refractivity contribution in [3.63, 3.8) is 0 Å². The van der Waals surface area contributed by atoms with Gasteiger partial charge in [-0.3, -0.25) is 0 Å². The van der Waals surface area contributed by atoms with Gasteiger partial charge in [0.05, 0.1) is 0 Å². The molecule has 0 radical (unpaired) electrons. The normalized spacial score (nSPS) is 20.6. The molecular weight excluding hydrogens is 252 g/mol. The number of rotatable bonds is 5. The summed E-state index contributed by atoms with van der Waals surface area (Å²) in [5.41, 5.74) is -0.426. The summed E-state index contributed by atoms with van der Waals surface area (Å²) >= 11 is 0. The van der Waals surface area contributed by atoms with E-state index in [4.69, 9.17) is 11.2 Å². The van der Waals surface area contributed by atoms with Crippen LogP contribution >= 0.6 is 0 Å². The molecule has 114 valence electrons. The molecule has 0 spiro atoms. The Morgan fingerprint density at radius 2 is 2.25 bits per heavy atom. The molecular formula is C16H28N2O2. The van der Waals surface area contributed by atoms with E-state index in [1.807, 2.05) is 32.7 Å². The molecule has 0 saturated carbocycles. The molecule has 0 aromatic rings. The molecule has 2 unspecified atom stereocenters. The molecule has 4 nitrogen and oxygen atoms in total. The summed E-state index contributed by atoms with van der Waals surface area (Å²) in [5.74, 6) is 3.17. The Kier molecular flexibility index (Phi) is 6.35. The van der Waals surface area contributed by atoms with Gasteiger partial charge in [0.1, 0.15) is 5.60 Å². The van der Waals surface area contributed by atoms with Crippen molar-refractivity contribution in [1.29, 1.82) is 0 Å². The molecule has 1 aliphatic rings. The molecule has 1 N–H and O–H groups in total. The first-order valence-electron chi connectivity index (χ1n) is 7.46. The highest BCUT2D eigenvalue weighted by Gasteiger charge is 2.33. The number of unbranched alkanes of at least 4 members (excludes halogenated alkanes) is 1. The van der Waals surface area contributed by atoms with Crippen molar-refractivity contribution in [1.82, 2.24) is 10.2 Å². The zero-order valence-corrected chi connectivity index (χ0v) is 13.2. The average Bonchev–Trinajstić information content (AvgIpc) is 2.82. The molecule has 0 bridgehead atoms. The second kappa shape index (κ2) is 7.54. The van der Waals surface area contributed by atoms with E-state index in [0.29, 0.717) is 12.0 Å². The fourth-order valence-corrected chi connectivity index (χ4v) is 2.65. The molecule has 0 aromatic carbocycles. The zero-order valence-electron chi connectivity index (χ0n) is 13.2. The third kappa shape index (κ3) is 5.42. The number of terminal acetylenes is 1. The quantitative estimate of drug-likeness (QED) is 0.622. The van der Waals surface area contributed by atoms with Gasteiger partial charge in [-0.2, -0.15) is 0 Å². The lowest BCUT2D eigenvalue weighted by Gasteiger charge is -2.26. The number of hydrogen-bond acceptors (Lipinski definition) is 3. The van der Waals surface area contributed by atoms with Crippen LogP contribution in [0.15, 0.2) is 0 Å². The van der Waals surface area contributed by atoms with Crippen molar-refractivity contribution >= 4 is 6.09 Å². The van der Waals surface area contributed by atoms with Gasteiger partial charge in [0, 0.05) is 25.6 Å². The average molecular weight is 280 g/mol. The standard InChI is InChI=1S/C16H28N2O2/c1-6-7-8-9-14(17-5)13-10-11-18(12-13)15(19)20-16(2,3)4/h1,13-14,17H,7-12H2,2-5H3. The van der Waals surface area contributed by atoms with E-state index < -0.39 is 5.60 Å². The molecule has 1 fully saturated rings. The van der Waals surface area contributed by atoms with Crippen molar-refractivity contribution in [3.8, 4) is 12.3 Å². The first kappa shape index (κ1) is 16.8. The van der Waals surface area contributed by atoms with Crippen LogP contribution < -0.4 is 5.32 Å². The van der Waals surface area contributed by atoms with E-state index in [1.54, 1.807) is 0 Å². The lowest BCUT2D eigenvalue weighted by atomic mass is 9.94. The number of carbonyl (C=O) groups excluding carboxylic acids is 1. The van der Waals surface area contributed by atoms with Crippen LogP contribution in [0.4, 0.5) is 4.79 Å². The SMILES string of the molecule is C#CCCCC(NC)C1CCN(C(=O)OC(C)(C)C)C1. The Morgan fingerprint density at radius 1 is 1.55 bits per heavy atom. The molecule has 1 aliphatic heterocycles. The molecule has 0 aromatic heterocycles. The predicted octanol–water partition coefficient (Wildman–Crippen LogP) is 2.63. The fourth-order valence-electron chi connectivity index (χ4n) is 2.65. The summed E-state index contributed by atoms with van der Waals surface area (Å²) in [6, 6.07) is 0.427. The highest BCUT2D eigenvalue weighted by atomic mass is 16.6.